The van der Waals surface area contributed by atoms with Crippen molar-refractivity contribution in [2.75, 3.05) is 0 Å². The highest BCUT2D eigenvalue weighted by atomic mass is 35.5. The first-order valence-electron chi connectivity index (χ1n) is 10.8. The van der Waals surface area contributed by atoms with E-state index in [0.717, 1.165) is 33.3 Å². The van der Waals surface area contributed by atoms with Gasteiger partial charge in [-0.15, -0.1) is 10.2 Å². The van der Waals surface area contributed by atoms with Crippen LogP contribution in [0.2, 0.25) is 5.02 Å². The Morgan fingerprint density at radius 3 is 2.74 bits per heavy atom. The molecule has 2 aromatic carbocycles. The largest absolute Gasteiger partial charge is 0.361 e. The van der Waals surface area contributed by atoms with Gasteiger partial charge in [0, 0.05) is 34.9 Å². The predicted octanol–water partition coefficient (Wildman–Crippen LogP) is 4.93. The normalized spacial score (nSPS) is 11.7. The molecule has 0 fully saturated rings. The van der Waals surface area contributed by atoms with Gasteiger partial charge in [-0.05, 0) is 60.9 Å². The molecule has 0 radical (unpaired) electrons. The third-order valence-electron chi connectivity index (χ3n) is 6.11. The summed E-state index contributed by atoms with van der Waals surface area (Å²) in [6.45, 7) is 2.33. The number of hydrogen-bond acceptors (Lipinski definition) is 4. The number of pyridine rings is 1. The Morgan fingerprint density at radius 2 is 1.91 bits per heavy atom. The molecule has 0 bridgehead atoms. The maximum Gasteiger partial charge on any atom is 0.280 e. The molecule has 0 saturated heterocycles. The molecule has 6 aromatic rings. The quantitative estimate of drug-likeness (QED) is 0.394. The van der Waals surface area contributed by atoms with Gasteiger partial charge in [-0.25, -0.2) is 8.91 Å². The van der Waals surface area contributed by atoms with Crippen LogP contribution in [-0.2, 0) is 13.0 Å². The van der Waals surface area contributed by atoms with E-state index in [2.05, 4.69) is 20.3 Å². The van der Waals surface area contributed by atoms with E-state index in [1.54, 1.807) is 27.4 Å². The number of aromatic nitrogens is 6. The Balaban J connectivity index is 1.39. The molecule has 0 aliphatic heterocycles. The third-order valence-corrected chi connectivity index (χ3v) is 6.35. The summed E-state index contributed by atoms with van der Waals surface area (Å²) in [5, 5.41) is 14.9. The van der Waals surface area contributed by atoms with Crippen molar-refractivity contribution in [2.45, 2.75) is 19.9 Å². The van der Waals surface area contributed by atoms with E-state index in [0.29, 0.717) is 29.2 Å². The molecule has 0 aliphatic rings. The van der Waals surface area contributed by atoms with Gasteiger partial charge in [0.1, 0.15) is 11.3 Å². The summed E-state index contributed by atoms with van der Waals surface area (Å²) in [5.41, 5.74) is 5.45. The molecule has 0 spiro atoms. The molecule has 4 aromatic heterocycles. The molecule has 7 nitrogen and oxygen atoms in total. The number of H-pyrrole nitrogens is 1. The monoisotopic (exact) mass is 472 g/mol. The number of hydrogen-bond donors (Lipinski definition) is 1. The van der Waals surface area contributed by atoms with E-state index in [1.807, 2.05) is 37.4 Å². The van der Waals surface area contributed by atoms with Crippen LogP contribution in [0.25, 0.3) is 38.7 Å². The van der Waals surface area contributed by atoms with Crippen LogP contribution in [0, 0.1) is 12.7 Å². The van der Waals surface area contributed by atoms with Gasteiger partial charge in [0.05, 0.1) is 11.3 Å². The molecule has 0 aliphatic carbocycles. The molecule has 0 amide bonds. The first-order valence-corrected chi connectivity index (χ1v) is 11.1. The molecule has 0 atom stereocenters. The Kier molecular flexibility index (Phi) is 4.70. The standard InChI is InChI=1S/C25H18ClFN6O/c1-14-22(15-2-5-18(27)6-3-15)24-30-29-23-21(33(24)31-14)9-11-32(25(23)34)10-8-16-13-28-20-7-4-17(26)12-19(16)20/h2-7,9,11-13,28H,8,10H2,1H3. The van der Waals surface area contributed by atoms with E-state index in [-0.39, 0.29) is 16.9 Å². The van der Waals surface area contributed by atoms with Crippen molar-refractivity contribution in [3.8, 4) is 11.1 Å². The van der Waals surface area contributed by atoms with Crippen LogP contribution in [0.1, 0.15) is 11.3 Å². The van der Waals surface area contributed by atoms with Crippen molar-refractivity contribution in [1.29, 1.82) is 0 Å². The SMILES string of the molecule is Cc1nn2c(nnc3c(=O)n(CCc4c[nH]c5ccc(Cl)cc45)ccc32)c1-c1ccc(F)cc1. The van der Waals surface area contributed by atoms with Gasteiger partial charge in [-0.1, -0.05) is 23.7 Å². The number of fused-ring (bicyclic) bond motifs is 4. The number of aryl methyl sites for hydroxylation is 3. The van der Waals surface area contributed by atoms with Gasteiger partial charge in [-0.2, -0.15) is 5.10 Å². The van der Waals surface area contributed by atoms with Gasteiger partial charge in [0.15, 0.2) is 11.2 Å². The lowest BCUT2D eigenvalue weighted by molar-refractivity contribution is 0.628. The number of aromatic amines is 1. The van der Waals surface area contributed by atoms with E-state index in [4.69, 9.17) is 11.6 Å². The molecule has 168 valence electrons. The van der Waals surface area contributed by atoms with Gasteiger partial charge in [0.25, 0.3) is 5.56 Å². The fourth-order valence-electron chi connectivity index (χ4n) is 4.42. The summed E-state index contributed by atoms with van der Waals surface area (Å²) in [7, 11) is 0. The van der Waals surface area contributed by atoms with E-state index in [1.165, 1.54) is 12.1 Å². The second-order valence-corrected chi connectivity index (χ2v) is 8.64. The summed E-state index contributed by atoms with van der Waals surface area (Å²) in [6, 6.07) is 13.7. The van der Waals surface area contributed by atoms with Crippen molar-refractivity contribution in [3.05, 3.63) is 93.4 Å². The van der Waals surface area contributed by atoms with Crippen LogP contribution in [0.4, 0.5) is 4.39 Å². The maximum atomic E-state index is 13.4. The molecular weight excluding hydrogens is 455 g/mol. The second-order valence-electron chi connectivity index (χ2n) is 8.20. The van der Waals surface area contributed by atoms with Crippen LogP contribution in [0.5, 0.6) is 0 Å². The van der Waals surface area contributed by atoms with Gasteiger partial charge in [0.2, 0.25) is 0 Å². The number of nitrogens with zero attached hydrogens (tertiary/aromatic N) is 5. The fraction of sp³-hybridized carbons (Fsp3) is 0.120. The Bertz CT molecular complexity index is 1770. The minimum atomic E-state index is -0.314. The van der Waals surface area contributed by atoms with E-state index in [9.17, 15) is 9.18 Å². The van der Waals surface area contributed by atoms with Gasteiger partial charge < -0.3 is 9.55 Å². The van der Waals surface area contributed by atoms with Crippen LogP contribution >= 0.6 is 11.6 Å². The first-order chi connectivity index (χ1) is 16.5. The number of halogens is 2. The zero-order chi connectivity index (χ0) is 23.4. The Labute approximate surface area is 197 Å². The second kappa shape index (κ2) is 7.78. The van der Waals surface area contributed by atoms with Crippen LogP contribution in [-0.4, -0.2) is 29.4 Å². The molecular formula is C25H18ClFN6O. The first kappa shape index (κ1) is 20.6. The highest BCUT2D eigenvalue weighted by Crippen LogP contribution is 2.28. The lowest BCUT2D eigenvalue weighted by Crippen LogP contribution is -2.22. The molecule has 1 N–H and O–H groups in total. The van der Waals surface area contributed by atoms with Crippen molar-refractivity contribution < 1.29 is 4.39 Å². The van der Waals surface area contributed by atoms with Gasteiger partial charge >= 0.3 is 0 Å². The molecule has 9 heteroatoms. The molecule has 34 heavy (non-hydrogen) atoms. The van der Waals surface area contributed by atoms with Crippen molar-refractivity contribution in [3.63, 3.8) is 0 Å². The number of benzene rings is 2. The molecule has 6 rings (SSSR count). The third kappa shape index (κ3) is 3.26. The summed E-state index contributed by atoms with van der Waals surface area (Å²) in [6.07, 6.45) is 4.35. The lowest BCUT2D eigenvalue weighted by atomic mass is 10.1. The Morgan fingerprint density at radius 1 is 1.09 bits per heavy atom. The molecule has 4 heterocycles. The van der Waals surface area contributed by atoms with E-state index < -0.39 is 0 Å². The maximum absolute atomic E-state index is 13.4. The molecule has 0 unspecified atom stereocenters. The van der Waals surface area contributed by atoms with Crippen LogP contribution in [0.3, 0.4) is 0 Å². The highest BCUT2D eigenvalue weighted by Gasteiger charge is 2.17. The summed E-state index contributed by atoms with van der Waals surface area (Å²) in [5.74, 6) is -0.314. The average Bonchev–Trinajstić information content (AvgIpc) is 3.39. The smallest absolute Gasteiger partial charge is 0.280 e. The Hall–Kier alpha value is -4.04. The number of rotatable bonds is 4. The average molecular weight is 473 g/mol. The summed E-state index contributed by atoms with van der Waals surface area (Å²) in [4.78, 5) is 16.4. The highest BCUT2D eigenvalue weighted by molar-refractivity contribution is 6.31. The minimum Gasteiger partial charge on any atom is -0.361 e. The van der Waals surface area contributed by atoms with Crippen LogP contribution in [0.15, 0.2) is 65.7 Å². The zero-order valence-corrected chi connectivity index (χ0v) is 18.8. The minimum absolute atomic E-state index is 0.235. The topological polar surface area (TPSA) is 80.9 Å². The zero-order valence-electron chi connectivity index (χ0n) is 18.1. The predicted molar refractivity (Wildman–Crippen MR) is 130 cm³/mol. The van der Waals surface area contributed by atoms with Crippen molar-refractivity contribution in [2.24, 2.45) is 0 Å². The van der Waals surface area contributed by atoms with Gasteiger partial charge in [-0.3, -0.25) is 4.79 Å². The summed E-state index contributed by atoms with van der Waals surface area (Å²) < 4.78 is 16.6. The summed E-state index contributed by atoms with van der Waals surface area (Å²) >= 11 is 6.15. The van der Waals surface area contributed by atoms with Crippen molar-refractivity contribution in [1.82, 2.24) is 29.4 Å². The fourth-order valence-corrected chi connectivity index (χ4v) is 4.59. The van der Waals surface area contributed by atoms with Crippen LogP contribution < -0.4 is 5.56 Å². The van der Waals surface area contributed by atoms with Crippen molar-refractivity contribution >= 4 is 39.2 Å². The number of nitrogens with one attached hydrogen (secondary N) is 1. The lowest BCUT2D eigenvalue weighted by Gasteiger charge is -2.07. The molecule has 0 saturated carbocycles. The van der Waals surface area contributed by atoms with E-state index >= 15 is 0 Å².